The Kier molecular flexibility index (Phi) is 4.75. The minimum absolute atomic E-state index is 0.200. The number of aromatic nitrogens is 3. The molecule has 0 spiro atoms. The van der Waals surface area contributed by atoms with Crippen LogP contribution in [0, 0.1) is 0 Å². The van der Waals surface area contributed by atoms with Crippen molar-refractivity contribution in [1.29, 1.82) is 0 Å². The summed E-state index contributed by atoms with van der Waals surface area (Å²) in [6.45, 7) is 3.44. The van der Waals surface area contributed by atoms with Crippen molar-refractivity contribution in [3.05, 3.63) is 34.9 Å². The first-order valence-electron chi connectivity index (χ1n) is 6.78. The molecule has 0 aliphatic rings. The number of urea groups is 1. The Morgan fingerprint density at radius 3 is 2.85 bits per heavy atom. The number of amides is 2. The number of nitrogens with one attached hydrogen (secondary N) is 2. The summed E-state index contributed by atoms with van der Waals surface area (Å²) in [5.74, 6) is 0. The highest BCUT2D eigenvalue weighted by molar-refractivity contribution is 5.73. The van der Waals surface area contributed by atoms with Crippen LogP contribution < -0.4 is 16.3 Å². The summed E-state index contributed by atoms with van der Waals surface area (Å²) in [6, 6.07) is 5.16. The van der Waals surface area contributed by atoms with Gasteiger partial charge in [-0.05, 0) is 18.6 Å². The molecule has 0 aliphatic heterocycles. The fourth-order valence-electron chi connectivity index (χ4n) is 1.83. The minimum Gasteiger partial charge on any atom is -0.338 e. The fraction of sp³-hybridized carbons (Fsp3) is 0.462. The number of carbonyl (C=O) groups is 1. The summed E-state index contributed by atoms with van der Waals surface area (Å²) in [6.07, 6.45) is 3.67. The number of nitrogens with zero attached hydrogens (tertiary/aromatic N) is 3. The Morgan fingerprint density at radius 2 is 2.10 bits per heavy atom. The molecule has 0 atom stereocenters. The molecule has 7 nitrogen and oxygen atoms in total. The van der Waals surface area contributed by atoms with Crippen molar-refractivity contribution in [3.63, 3.8) is 0 Å². The zero-order valence-corrected chi connectivity index (χ0v) is 11.5. The monoisotopic (exact) mass is 277 g/mol. The van der Waals surface area contributed by atoms with E-state index < -0.39 is 0 Å². The maximum atomic E-state index is 12.0. The van der Waals surface area contributed by atoms with Crippen molar-refractivity contribution in [2.45, 2.75) is 26.3 Å². The smallest absolute Gasteiger partial charge is 0.338 e. The Labute approximate surface area is 116 Å². The standard InChI is InChI=1S/C13H19N5O2/c1-2-3-7-14-12(19)15-8-10-18-13(20)17-9-5-4-6-11(17)16-18/h4-6,9H,2-3,7-8,10H2,1H3,(H2,14,15,19). The lowest BCUT2D eigenvalue weighted by Crippen LogP contribution is -2.38. The number of rotatable bonds is 6. The van der Waals surface area contributed by atoms with Gasteiger partial charge in [0, 0.05) is 19.3 Å². The van der Waals surface area contributed by atoms with Gasteiger partial charge in [0.1, 0.15) is 0 Å². The molecule has 20 heavy (non-hydrogen) atoms. The molecule has 0 bridgehead atoms. The quantitative estimate of drug-likeness (QED) is 0.759. The molecule has 0 fully saturated rings. The second-order valence-electron chi connectivity index (χ2n) is 4.47. The molecule has 2 heterocycles. The highest BCUT2D eigenvalue weighted by Gasteiger charge is 2.05. The number of carbonyl (C=O) groups excluding carboxylic acids is 1. The van der Waals surface area contributed by atoms with Crippen molar-refractivity contribution < 1.29 is 4.79 Å². The third kappa shape index (κ3) is 3.37. The molecule has 0 radical (unpaired) electrons. The third-order valence-electron chi connectivity index (χ3n) is 2.91. The first-order valence-corrected chi connectivity index (χ1v) is 6.78. The van der Waals surface area contributed by atoms with Crippen LogP contribution in [0.1, 0.15) is 19.8 Å². The van der Waals surface area contributed by atoms with Crippen molar-refractivity contribution in [2.24, 2.45) is 0 Å². The van der Waals surface area contributed by atoms with Gasteiger partial charge in [-0.1, -0.05) is 19.4 Å². The molecule has 2 amide bonds. The zero-order valence-electron chi connectivity index (χ0n) is 11.5. The summed E-state index contributed by atoms with van der Waals surface area (Å²) in [4.78, 5) is 23.4. The minimum atomic E-state index is -0.213. The van der Waals surface area contributed by atoms with E-state index in [0.717, 1.165) is 12.8 Å². The van der Waals surface area contributed by atoms with E-state index in [1.165, 1.54) is 9.08 Å². The van der Waals surface area contributed by atoms with E-state index in [-0.39, 0.29) is 11.7 Å². The van der Waals surface area contributed by atoms with Crippen LogP contribution in [0.5, 0.6) is 0 Å². The van der Waals surface area contributed by atoms with Gasteiger partial charge in [-0.15, -0.1) is 5.10 Å². The molecule has 2 N–H and O–H groups in total. The topological polar surface area (TPSA) is 80.4 Å². The lowest BCUT2D eigenvalue weighted by atomic mass is 10.3. The average molecular weight is 277 g/mol. The van der Waals surface area contributed by atoms with Crippen molar-refractivity contribution in [3.8, 4) is 0 Å². The van der Waals surface area contributed by atoms with Crippen LogP contribution in [0.4, 0.5) is 4.79 Å². The number of hydrogen-bond acceptors (Lipinski definition) is 3. The Hall–Kier alpha value is -2.31. The number of unbranched alkanes of at least 4 members (excludes halogenated alkanes) is 1. The van der Waals surface area contributed by atoms with Gasteiger partial charge in [-0.25, -0.2) is 14.3 Å². The van der Waals surface area contributed by atoms with Crippen molar-refractivity contribution in [2.75, 3.05) is 13.1 Å². The van der Waals surface area contributed by atoms with Gasteiger partial charge < -0.3 is 10.6 Å². The van der Waals surface area contributed by atoms with Gasteiger partial charge in [0.15, 0.2) is 5.65 Å². The zero-order chi connectivity index (χ0) is 14.4. The number of fused-ring (bicyclic) bond motifs is 1. The van der Waals surface area contributed by atoms with Crippen LogP contribution in [0.25, 0.3) is 5.65 Å². The number of pyridine rings is 1. The van der Waals surface area contributed by atoms with Crippen LogP contribution >= 0.6 is 0 Å². The predicted molar refractivity (Wildman–Crippen MR) is 75.8 cm³/mol. The molecule has 108 valence electrons. The van der Waals surface area contributed by atoms with Gasteiger partial charge in [-0.3, -0.25) is 4.40 Å². The molecule has 0 aromatic carbocycles. The Morgan fingerprint density at radius 1 is 1.30 bits per heavy atom. The third-order valence-corrected chi connectivity index (χ3v) is 2.91. The maximum Gasteiger partial charge on any atom is 0.350 e. The second kappa shape index (κ2) is 6.74. The lowest BCUT2D eigenvalue weighted by Gasteiger charge is -2.06. The van der Waals surface area contributed by atoms with Gasteiger partial charge in [0.2, 0.25) is 0 Å². The fourth-order valence-corrected chi connectivity index (χ4v) is 1.83. The molecular formula is C13H19N5O2. The summed E-state index contributed by atoms with van der Waals surface area (Å²) in [5, 5.41) is 9.63. The first-order chi connectivity index (χ1) is 9.72. The summed E-state index contributed by atoms with van der Waals surface area (Å²) < 4.78 is 2.82. The van der Waals surface area contributed by atoms with Crippen LogP contribution in [-0.2, 0) is 6.54 Å². The molecule has 2 aromatic rings. The van der Waals surface area contributed by atoms with E-state index >= 15 is 0 Å². The SMILES string of the molecule is CCCCNC(=O)NCCn1nc2ccccn2c1=O. The number of hydrogen-bond donors (Lipinski definition) is 2. The van der Waals surface area contributed by atoms with Crippen LogP contribution in [0.2, 0.25) is 0 Å². The molecule has 0 saturated carbocycles. The molecule has 2 rings (SSSR count). The normalized spacial score (nSPS) is 10.7. The molecule has 2 aromatic heterocycles. The van der Waals surface area contributed by atoms with Crippen LogP contribution in [0.15, 0.2) is 29.2 Å². The van der Waals surface area contributed by atoms with Gasteiger partial charge >= 0.3 is 11.7 Å². The van der Waals surface area contributed by atoms with Gasteiger partial charge in [0.25, 0.3) is 0 Å². The molecular weight excluding hydrogens is 258 g/mol. The summed E-state index contributed by atoms with van der Waals surface area (Å²) in [7, 11) is 0. The van der Waals surface area contributed by atoms with E-state index in [1.54, 1.807) is 18.3 Å². The predicted octanol–water partition coefficient (Wildman–Crippen LogP) is 0.595. The van der Waals surface area contributed by atoms with Crippen molar-refractivity contribution in [1.82, 2.24) is 24.8 Å². The Bertz CT molecular complexity index is 631. The largest absolute Gasteiger partial charge is 0.350 e. The highest BCUT2D eigenvalue weighted by Crippen LogP contribution is 1.94. The second-order valence-corrected chi connectivity index (χ2v) is 4.47. The highest BCUT2D eigenvalue weighted by atomic mass is 16.2. The van der Waals surface area contributed by atoms with Crippen LogP contribution in [-0.4, -0.2) is 33.3 Å². The first kappa shape index (κ1) is 14.1. The molecule has 7 heteroatoms. The molecule has 0 aliphatic carbocycles. The van der Waals surface area contributed by atoms with Gasteiger partial charge in [0.05, 0.1) is 6.54 Å². The van der Waals surface area contributed by atoms with E-state index in [9.17, 15) is 9.59 Å². The lowest BCUT2D eigenvalue weighted by molar-refractivity contribution is 0.240. The Balaban J connectivity index is 1.85. The van der Waals surface area contributed by atoms with E-state index in [4.69, 9.17) is 0 Å². The van der Waals surface area contributed by atoms with E-state index in [1.807, 2.05) is 6.07 Å². The van der Waals surface area contributed by atoms with E-state index in [2.05, 4.69) is 22.7 Å². The van der Waals surface area contributed by atoms with E-state index in [0.29, 0.717) is 25.3 Å². The van der Waals surface area contributed by atoms with Gasteiger partial charge in [-0.2, -0.15) is 0 Å². The summed E-state index contributed by atoms with van der Waals surface area (Å²) in [5.41, 5.74) is 0.402. The maximum absolute atomic E-state index is 12.0. The summed E-state index contributed by atoms with van der Waals surface area (Å²) >= 11 is 0. The van der Waals surface area contributed by atoms with Crippen molar-refractivity contribution >= 4 is 11.7 Å². The molecule has 0 saturated heterocycles. The molecule has 0 unspecified atom stereocenters. The van der Waals surface area contributed by atoms with Crippen LogP contribution in [0.3, 0.4) is 0 Å². The average Bonchev–Trinajstić information content (AvgIpc) is 2.77.